The number of amides is 1. The van der Waals surface area contributed by atoms with E-state index in [9.17, 15) is 23.2 Å². The van der Waals surface area contributed by atoms with Gasteiger partial charge in [-0.15, -0.1) is 0 Å². The number of carbonyl (C=O) groups is 1. The number of halogens is 2. The highest BCUT2D eigenvalue weighted by molar-refractivity contribution is 5.93. The van der Waals surface area contributed by atoms with Gasteiger partial charge in [0.25, 0.3) is 11.5 Å². The lowest BCUT2D eigenvalue weighted by Crippen LogP contribution is -2.45. The molecule has 250 valence electrons. The van der Waals surface area contributed by atoms with Crippen LogP contribution in [0.15, 0.2) is 94.9 Å². The number of hydrogen-bond acceptors (Lipinski definition) is 6. The van der Waals surface area contributed by atoms with E-state index in [1.54, 1.807) is 6.07 Å². The molecule has 49 heavy (non-hydrogen) atoms. The van der Waals surface area contributed by atoms with Crippen LogP contribution in [0.3, 0.4) is 0 Å². The lowest BCUT2D eigenvalue weighted by atomic mass is 9.90. The summed E-state index contributed by atoms with van der Waals surface area (Å²) < 4.78 is 37.9. The lowest BCUT2D eigenvalue weighted by molar-refractivity contribution is 0.0917. The van der Waals surface area contributed by atoms with Gasteiger partial charge in [0.2, 0.25) is 0 Å². The van der Waals surface area contributed by atoms with Gasteiger partial charge in [-0.25, -0.2) is 28.1 Å². The zero-order chi connectivity index (χ0) is 34.1. The number of imidazole rings is 1. The van der Waals surface area contributed by atoms with Crippen LogP contribution in [0, 0.1) is 11.6 Å². The van der Waals surface area contributed by atoms with Crippen LogP contribution >= 0.6 is 0 Å². The lowest BCUT2D eigenvalue weighted by Gasteiger charge is -2.30. The molecule has 4 heterocycles. The number of rotatable bonds is 9. The zero-order valence-electron chi connectivity index (χ0n) is 26.8. The maximum absolute atomic E-state index is 14.5. The van der Waals surface area contributed by atoms with Crippen LogP contribution in [0.4, 0.5) is 8.78 Å². The summed E-state index contributed by atoms with van der Waals surface area (Å²) in [5, 5.41) is 2.97. The van der Waals surface area contributed by atoms with Gasteiger partial charge in [0.15, 0.2) is 5.65 Å². The van der Waals surface area contributed by atoms with Gasteiger partial charge < -0.3 is 14.5 Å². The smallest absolute Gasteiger partial charge is 0.337 e. The highest BCUT2D eigenvalue weighted by Crippen LogP contribution is 2.29. The third-order valence-electron chi connectivity index (χ3n) is 8.99. The molecule has 2 aromatic carbocycles. The summed E-state index contributed by atoms with van der Waals surface area (Å²) in [6.45, 7) is 2.75. The van der Waals surface area contributed by atoms with Crippen molar-refractivity contribution in [3.8, 4) is 22.6 Å². The predicted molar refractivity (Wildman–Crippen MR) is 181 cm³/mol. The van der Waals surface area contributed by atoms with Gasteiger partial charge in [-0.1, -0.05) is 37.6 Å². The molecule has 1 saturated carbocycles. The van der Waals surface area contributed by atoms with Crippen molar-refractivity contribution < 1.29 is 18.3 Å². The Morgan fingerprint density at radius 1 is 0.939 bits per heavy atom. The molecule has 1 N–H and O–H groups in total. The summed E-state index contributed by atoms with van der Waals surface area (Å²) in [6.07, 6.45) is 7.58. The highest BCUT2D eigenvalue weighted by atomic mass is 19.1. The fourth-order valence-electron chi connectivity index (χ4n) is 6.45. The molecular weight excluding hydrogens is 630 g/mol. The van der Waals surface area contributed by atoms with Crippen LogP contribution in [-0.4, -0.2) is 42.1 Å². The zero-order valence-corrected chi connectivity index (χ0v) is 26.8. The average Bonchev–Trinajstić information content (AvgIpc) is 3.54. The second-order valence-corrected chi connectivity index (χ2v) is 12.3. The van der Waals surface area contributed by atoms with E-state index in [4.69, 9.17) is 4.74 Å². The second kappa shape index (κ2) is 13.5. The van der Waals surface area contributed by atoms with Gasteiger partial charge in [0.05, 0.1) is 23.9 Å². The number of carbonyl (C=O) groups excluding carboxylic acids is 1. The monoisotopic (exact) mass is 664 g/mol. The fraction of sp³-hybridized carbons (Fsp3) is 0.270. The number of nitrogens with one attached hydrogen (secondary N) is 1. The molecule has 12 heteroatoms. The molecule has 1 amide bonds. The predicted octanol–water partition coefficient (Wildman–Crippen LogP) is 6.23. The SMILES string of the molecule is CCCCOc1ccc(-c2cccc(-n3c(=O)n(C4CCC(NC(=O)c5cn6cc(F)ccc6n5)CC4)c(=O)c4cc(F)cnc43)c2)cc1. The molecule has 0 bridgehead atoms. The van der Waals surface area contributed by atoms with E-state index in [0.29, 0.717) is 43.6 Å². The van der Waals surface area contributed by atoms with Crippen LogP contribution in [0.2, 0.25) is 0 Å². The van der Waals surface area contributed by atoms with Crippen molar-refractivity contribution in [3.05, 3.63) is 123 Å². The van der Waals surface area contributed by atoms with E-state index in [2.05, 4.69) is 22.2 Å². The van der Waals surface area contributed by atoms with E-state index in [1.807, 2.05) is 42.5 Å². The number of ether oxygens (including phenoxy) is 1. The average molecular weight is 665 g/mol. The maximum atomic E-state index is 14.5. The number of unbranched alkanes of at least 4 members (excludes halogenated alkanes) is 1. The number of nitrogens with zero attached hydrogens (tertiary/aromatic N) is 5. The summed E-state index contributed by atoms with van der Waals surface area (Å²) in [4.78, 5) is 49.4. The van der Waals surface area contributed by atoms with Gasteiger partial charge in [0.1, 0.15) is 28.7 Å². The number of pyridine rings is 2. The quantitative estimate of drug-likeness (QED) is 0.183. The standard InChI is InChI=1S/C37H34F2N6O4/c1-2-3-17-49-30-14-7-23(8-15-30)24-5-4-6-29(18-24)44-34-31(19-26(39)20-40-34)36(47)45(37(44)48)28-12-10-27(11-13-28)41-35(46)32-22-43-21-25(38)9-16-33(43)42-32/h4-9,14-16,18-22,27-28H,2-3,10-13,17H2,1H3,(H,41,46). The second-order valence-electron chi connectivity index (χ2n) is 12.3. The Kier molecular flexibility index (Phi) is 8.77. The number of hydrogen-bond donors (Lipinski definition) is 1. The molecule has 0 unspecified atom stereocenters. The van der Waals surface area contributed by atoms with Crippen molar-refractivity contribution in [3.63, 3.8) is 0 Å². The molecule has 0 atom stereocenters. The van der Waals surface area contributed by atoms with Crippen LogP contribution in [0.1, 0.15) is 62.0 Å². The maximum Gasteiger partial charge on any atom is 0.337 e. The molecule has 0 aliphatic heterocycles. The Morgan fingerprint density at radius 2 is 1.73 bits per heavy atom. The van der Waals surface area contributed by atoms with E-state index >= 15 is 0 Å². The van der Waals surface area contributed by atoms with E-state index in [1.165, 1.54) is 38.1 Å². The van der Waals surface area contributed by atoms with Crippen LogP contribution in [0.25, 0.3) is 33.5 Å². The molecule has 1 aliphatic carbocycles. The van der Waals surface area contributed by atoms with Crippen molar-refractivity contribution in [1.82, 2.24) is 28.8 Å². The molecule has 7 rings (SSSR count). The van der Waals surface area contributed by atoms with Crippen molar-refractivity contribution in [2.75, 3.05) is 6.61 Å². The highest BCUT2D eigenvalue weighted by Gasteiger charge is 2.28. The first-order valence-corrected chi connectivity index (χ1v) is 16.4. The number of aromatic nitrogens is 5. The van der Waals surface area contributed by atoms with Crippen molar-refractivity contribution in [1.29, 1.82) is 0 Å². The molecule has 1 fully saturated rings. The summed E-state index contributed by atoms with van der Waals surface area (Å²) in [7, 11) is 0. The molecule has 0 radical (unpaired) electrons. The Labute approximate surface area is 279 Å². The van der Waals surface area contributed by atoms with Gasteiger partial charge >= 0.3 is 5.69 Å². The van der Waals surface area contributed by atoms with Gasteiger partial charge in [-0.3, -0.25) is 14.2 Å². The van der Waals surface area contributed by atoms with Crippen LogP contribution < -0.4 is 21.3 Å². The number of benzene rings is 2. The van der Waals surface area contributed by atoms with Crippen LogP contribution in [-0.2, 0) is 0 Å². The van der Waals surface area contributed by atoms with E-state index in [0.717, 1.165) is 42.0 Å². The minimum atomic E-state index is -0.683. The number of fused-ring (bicyclic) bond motifs is 2. The topological polar surface area (TPSA) is 113 Å². The third-order valence-corrected chi connectivity index (χ3v) is 8.99. The summed E-state index contributed by atoms with van der Waals surface area (Å²) in [6, 6.07) is 18.2. The summed E-state index contributed by atoms with van der Waals surface area (Å²) in [5.41, 5.74) is 1.73. The Balaban J connectivity index is 1.16. The van der Waals surface area contributed by atoms with E-state index < -0.39 is 34.8 Å². The summed E-state index contributed by atoms with van der Waals surface area (Å²) in [5.74, 6) is -0.743. The molecular formula is C37H34F2N6O4. The fourth-order valence-corrected chi connectivity index (χ4v) is 6.45. The van der Waals surface area contributed by atoms with Crippen molar-refractivity contribution in [2.24, 2.45) is 0 Å². The minimum Gasteiger partial charge on any atom is -0.494 e. The van der Waals surface area contributed by atoms with Gasteiger partial charge in [0, 0.05) is 24.5 Å². The first-order valence-electron chi connectivity index (χ1n) is 16.4. The van der Waals surface area contributed by atoms with Crippen molar-refractivity contribution in [2.45, 2.75) is 57.5 Å². The summed E-state index contributed by atoms with van der Waals surface area (Å²) >= 11 is 0. The molecule has 4 aromatic heterocycles. The normalized spacial score (nSPS) is 16.2. The molecule has 6 aromatic rings. The first kappa shape index (κ1) is 31.9. The van der Waals surface area contributed by atoms with Gasteiger partial charge in [-0.05, 0) is 85.7 Å². The molecule has 10 nitrogen and oxygen atoms in total. The van der Waals surface area contributed by atoms with Gasteiger partial charge in [-0.2, -0.15) is 0 Å². The third kappa shape index (κ3) is 6.46. The molecule has 0 saturated heterocycles. The minimum absolute atomic E-state index is 0.00250. The Bertz CT molecular complexity index is 2290. The van der Waals surface area contributed by atoms with E-state index in [-0.39, 0.29) is 22.8 Å². The largest absolute Gasteiger partial charge is 0.494 e. The van der Waals surface area contributed by atoms with Crippen molar-refractivity contribution >= 4 is 22.6 Å². The Morgan fingerprint density at radius 3 is 2.51 bits per heavy atom. The molecule has 1 aliphatic rings. The first-order chi connectivity index (χ1) is 23.8. The molecule has 0 spiro atoms. The Hall–Kier alpha value is -5.65. The van der Waals surface area contributed by atoms with Crippen LogP contribution in [0.5, 0.6) is 5.75 Å².